The molecular formula is C28H29F3N6O3S. The molecule has 13 heteroatoms. The van der Waals surface area contributed by atoms with Crippen molar-refractivity contribution < 1.29 is 27.8 Å². The van der Waals surface area contributed by atoms with Crippen LogP contribution in [0.5, 0.6) is 11.5 Å². The van der Waals surface area contributed by atoms with Crippen LogP contribution in [-0.2, 0) is 6.42 Å². The van der Waals surface area contributed by atoms with E-state index >= 15 is 0 Å². The van der Waals surface area contributed by atoms with Crippen molar-refractivity contribution in [1.82, 2.24) is 25.4 Å². The van der Waals surface area contributed by atoms with Crippen molar-refractivity contribution in [3.05, 3.63) is 84.2 Å². The summed E-state index contributed by atoms with van der Waals surface area (Å²) in [5.41, 5.74) is 4.22. The van der Waals surface area contributed by atoms with E-state index in [2.05, 4.69) is 30.8 Å². The first-order chi connectivity index (χ1) is 19.6. The van der Waals surface area contributed by atoms with Crippen LogP contribution in [0, 0.1) is 6.92 Å². The summed E-state index contributed by atoms with van der Waals surface area (Å²) in [6.07, 6.45) is -2.70. The van der Waals surface area contributed by atoms with Crippen molar-refractivity contribution >= 4 is 23.0 Å². The van der Waals surface area contributed by atoms with Crippen LogP contribution in [0.3, 0.4) is 0 Å². The Labute approximate surface area is 240 Å². The second-order valence-electron chi connectivity index (χ2n) is 8.99. The summed E-state index contributed by atoms with van der Waals surface area (Å²) in [6.45, 7) is 2.49. The monoisotopic (exact) mass is 586 g/mol. The zero-order valence-corrected chi connectivity index (χ0v) is 23.1. The van der Waals surface area contributed by atoms with Crippen molar-refractivity contribution in [2.75, 3.05) is 19.0 Å². The Hall–Kier alpha value is -4.20. The Bertz CT molecular complexity index is 1450. The lowest BCUT2D eigenvalue weighted by Gasteiger charge is -2.18. The zero-order valence-electron chi connectivity index (χ0n) is 22.3. The van der Waals surface area contributed by atoms with E-state index in [1.165, 1.54) is 35.3 Å². The van der Waals surface area contributed by atoms with Gasteiger partial charge in [-0.3, -0.25) is 5.32 Å². The number of hydrogen-bond acceptors (Lipinski definition) is 7. The molecule has 0 saturated heterocycles. The summed E-state index contributed by atoms with van der Waals surface area (Å²) in [7, 11) is 1.61. The molecule has 41 heavy (non-hydrogen) atoms. The average Bonchev–Trinajstić information content (AvgIpc) is 3.42. The number of aryl methyl sites for hydroxylation is 2. The largest absolute Gasteiger partial charge is 0.573 e. The topological polar surface area (TPSA) is 105 Å². The van der Waals surface area contributed by atoms with E-state index in [1.807, 2.05) is 49.4 Å². The van der Waals surface area contributed by atoms with Gasteiger partial charge in [-0.25, -0.2) is 9.67 Å². The summed E-state index contributed by atoms with van der Waals surface area (Å²) >= 11 is 5.29. The number of thiocarbonyl (C=S) groups is 1. The van der Waals surface area contributed by atoms with Crippen LogP contribution >= 0.6 is 12.2 Å². The molecule has 4 rings (SSSR count). The van der Waals surface area contributed by atoms with Crippen molar-refractivity contribution in [3.63, 3.8) is 0 Å². The minimum Gasteiger partial charge on any atom is -0.497 e. The SMILES string of the molecule is COc1ccc(NC(=S)NC(O)NCCCc2ccc(-c3ncn(-c4ccc(OC(F)(F)F)cc4)n3)cc2)c(C)c1. The molecule has 0 fully saturated rings. The van der Waals surface area contributed by atoms with Crippen LogP contribution in [0.1, 0.15) is 17.5 Å². The maximum Gasteiger partial charge on any atom is 0.573 e. The molecule has 0 spiro atoms. The lowest BCUT2D eigenvalue weighted by molar-refractivity contribution is -0.274. The normalized spacial score (nSPS) is 12.0. The summed E-state index contributed by atoms with van der Waals surface area (Å²) in [5, 5.41) is 23.8. The third kappa shape index (κ3) is 8.90. The van der Waals surface area contributed by atoms with E-state index in [0.29, 0.717) is 18.1 Å². The molecule has 1 atom stereocenters. The molecular weight excluding hydrogens is 557 g/mol. The molecule has 3 aromatic carbocycles. The van der Waals surface area contributed by atoms with Crippen LogP contribution in [0.25, 0.3) is 17.1 Å². The van der Waals surface area contributed by atoms with Gasteiger partial charge in [-0.05, 0) is 92.1 Å². The van der Waals surface area contributed by atoms with E-state index in [1.54, 1.807) is 7.11 Å². The van der Waals surface area contributed by atoms with Gasteiger partial charge in [0.2, 0.25) is 0 Å². The summed E-state index contributed by atoms with van der Waals surface area (Å²) in [4.78, 5) is 4.31. The highest BCUT2D eigenvalue weighted by Crippen LogP contribution is 2.24. The maximum absolute atomic E-state index is 12.4. The van der Waals surface area contributed by atoms with Crippen LogP contribution in [-0.4, -0.2) is 51.4 Å². The number of benzene rings is 3. The van der Waals surface area contributed by atoms with Gasteiger partial charge in [0, 0.05) is 11.3 Å². The van der Waals surface area contributed by atoms with Gasteiger partial charge in [-0.15, -0.1) is 18.3 Å². The number of halogens is 3. The second-order valence-corrected chi connectivity index (χ2v) is 9.40. The summed E-state index contributed by atoms with van der Waals surface area (Å²) in [5.74, 6) is 0.928. The standard InChI is InChI=1S/C28H29F3N6O3S/c1-18-16-23(39-2)13-14-24(18)34-27(41)35-26(38)32-15-3-4-19-5-7-20(8-6-19)25-33-17-37(36-25)21-9-11-22(12-10-21)40-28(29,30)31/h5-14,16-17,26,32,38H,3-4,15H2,1-2H3,(H2,34,35,41). The maximum atomic E-state index is 12.4. The number of anilines is 1. The predicted molar refractivity (Wildman–Crippen MR) is 153 cm³/mol. The molecule has 0 radical (unpaired) electrons. The van der Waals surface area contributed by atoms with E-state index in [-0.39, 0.29) is 10.9 Å². The van der Waals surface area contributed by atoms with Crippen LogP contribution in [0.2, 0.25) is 0 Å². The highest BCUT2D eigenvalue weighted by molar-refractivity contribution is 7.80. The Balaban J connectivity index is 1.20. The molecule has 0 aliphatic rings. The van der Waals surface area contributed by atoms with E-state index in [0.717, 1.165) is 41.0 Å². The molecule has 4 N–H and O–H groups in total. The number of aromatic nitrogens is 3. The number of hydrogen-bond donors (Lipinski definition) is 4. The van der Waals surface area contributed by atoms with Crippen molar-refractivity contribution in [2.45, 2.75) is 32.5 Å². The highest BCUT2D eigenvalue weighted by atomic mass is 32.1. The molecule has 216 valence electrons. The van der Waals surface area contributed by atoms with Crippen molar-refractivity contribution in [3.8, 4) is 28.6 Å². The van der Waals surface area contributed by atoms with E-state index < -0.39 is 12.7 Å². The molecule has 9 nitrogen and oxygen atoms in total. The fourth-order valence-electron chi connectivity index (χ4n) is 3.91. The molecule has 0 saturated carbocycles. The fourth-order valence-corrected chi connectivity index (χ4v) is 4.13. The third-order valence-electron chi connectivity index (χ3n) is 5.97. The Morgan fingerprint density at radius 2 is 1.76 bits per heavy atom. The third-order valence-corrected chi connectivity index (χ3v) is 6.19. The van der Waals surface area contributed by atoms with Crippen LogP contribution in [0.15, 0.2) is 73.1 Å². The van der Waals surface area contributed by atoms with Gasteiger partial charge < -0.3 is 25.2 Å². The van der Waals surface area contributed by atoms with Crippen LogP contribution in [0.4, 0.5) is 18.9 Å². The molecule has 4 aromatic rings. The van der Waals surface area contributed by atoms with E-state index in [9.17, 15) is 18.3 Å². The number of aliphatic hydroxyl groups excluding tert-OH is 1. The Kier molecular flexibility index (Phi) is 9.76. The molecule has 1 heterocycles. The second kappa shape index (κ2) is 13.4. The predicted octanol–water partition coefficient (Wildman–Crippen LogP) is 4.93. The summed E-state index contributed by atoms with van der Waals surface area (Å²) in [6, 6.07) is 18.7. The smallest absolute Gasteiger partial charge is 0.497 e. The first kappa shape index (κ1) is 29.8. The highest BCUT2D eigenvalue weighted by Gasteiger charge is 2.31. The van der Waals surface area contributed by atoms with Gasteiger partial charge in [0.1, 0.15) is 17.8 Å². The quantitative estimate of drug-likeness (QED) is 0.111. The lowest BCUT2D eigenvalue weighted by atomic mass is 10.1. The van der Waals surface area contributed by atoms with E-state index in [4.69, 9.17) is 17.0 Å². The van der Waals surface area contributed by atoms with Gasteiger partial charge in [-0.2, -0.15) is 0 Å². The molecule has 1 unspecified atom stereocenters. The van der Waals surface area contributed by atoms with Gasteiger partial charge in [-0.1, -0.05) is 24.3 Å². The first-order valence-corrected chi connectivity index (χ1v) is 13.0. The lowest BCUT2D eigenvalue weighted by Crippen LogP contribution is -2.47. The Morgan fingerprint density at radius 1 is 1.05 bits per heavy atom. The minimum absolute atomic E-state index is 0.289. The molecule has 0 aliphatic carbocycles. The Morgan fingerprint density at radius 3 is 2.41 bits per heavy atom. The number of rotatable bonds is 11. The van der Waals surface area contributed by atoms with Gasteiger partial charge >= 0.3 is 6.36 Å². The summed E-state index contributed by atoms with van der Waals surface area (Å²) < 4.78 is 47.6. The van der Waals surface area contributed by atoms with Gasteiger partial charge in [0.05, 0.1) is 12.8 Å². The van der Waals surface area contributed by atoms with Crippen molar-refractivity contribution in [2.24, 2.45) is 0 Å². The number of ether oxygens (including phenoxy) is 2. The number of nitrogens with one attached hydrogen (secondary N) is 3. The number of aliphatic hydroxyl groups is 1. The molecule has 0 bridgehead atoms. The average molecular weight is 587 g/mol. The fraction of sp³-hybridized carbons (Fsp3) is 0.250. The van der Waals surface area contributed by atoms with Crippen LogP contribution < -0.4 is 25.4 Å². The molecule has 0 aliphatic heterocycles. The number of alkyl halides is 3. The van der Waals surface area contributed by atoms with Gasteiger partial charge in [0.15, 0.2) is 17.3 Å². The first-order valence-electron chi connectivity index (χ1n) is 12.6. The minimum atomic E-state index is -4.74. The van der Waals surface area contributed by atoms with Gasteiger partial charge in [0.25, 0.3) is 0 Å². The number of nitrogens with zero attached hydrogens (tertiary/aromatic N) is 3. The molecule has 1 aromatic heterocycles. The number of methoxy groups -OCH3 is 1. The zero-order chi connectivity index (χ0) is 29.4. The van der Waals surface area contributed by atoms with Crippen molar-refractivity contribution in [1.29, 1.82) is 0 Å². The molecule has 0 amide bonds.